The van der Waals surface area contributed by atoms with Crippen molar-refractivity contribution in [2.24, 2.45) is 7.05 Å². The standard InChI is InChI=1S/C16H19N7O2S/c1-9-12(14(25)23(22(9)3)11-7-5-4-6-8-11)18-13(24)10(2)26-16-19-15(17)20-21-16/h4-8,10H,1-3H3,(H,18,24)(H3,17,19,20,21)/t10-/m1/s1. The minimum Gasteiger partial charge on any atom is -0.368 e. The SMILES string of the molecule is Cc1c(NC(=O)[C@@H](C)Sc2n[nH]c(N)n2)c(=O)n(-c2ccccc2)n1C. The maximum Gasteiger partial charge on any atom is 0.295 e. The Morgan fingerprint density at radius 3 is 2.65 bits per heavy atom. The predicted molar refractivity (Wildman–Crippen MR) is 100 cm³/mol. The molecule has 0 saturated heterocycles. The van der Waals surface area contributed by atoms with Crippen molar-refractivity contribution in [2.45, 2.75) is 24.3 Å². The fourth-order valence-electron chi connectivity index (χ4n) is 2.46. The van der Waals surface area contributed by atoms with Gasteiger partial charge in [-0.2, -0.15) is 4.98 Å². The number of aromatic nitrogens is 5. The van der Waals surface area contributed by atoms with E-state index in [1.54, 1.807) is 25.6 Å². The predicted octanol–water partition coefficient (Wildman–Crippen LogP) is 1.30. The number of nitrogens with two attached hydrogens (primary N) is 1. The van der Waals surface area contributed by atoms with Gasteiger partial charge in [0.1, 0.15) is 5.69 Å². The van der Waals surface area contributed by atoms with E-state index in [9.17, 15) is 9.59 Å². The maximum absolute atomic E-state index is 12.8. The Balaban J connectivity index is 1.84. The van der Waals surface area contributed by atoms with Crippen molar-refractivity contribution in [3.05, 3.63) is 46.4 Å². The number of benzene rings is 1. The molecule has 0 radical (unpaired) electrons. The largest absolute Gasteiger partial charge is 0.368 e. The number of rotatable bonds is 5. The van der Waals surface area contributed by atoms with Crippen LogP contribution in [0, 0.1) is 6.92 Å². The number of nitrogens with zero attached hydrogens (tertiary/aromatic N) is 4. The molecule has 26 heavy (non-hydrogen) atoms. The van der Waals surface area contributed by atoms with Crippen LogP contribution >= 0.6 is 11.8 Å². The van der Waals surface area contributed by atoms with Crippen LogP contribution in [0.4, 0.5) is 11.6 Å². The summed E-state index contributed by atoms with van der Waals surface area (Å²) in [5, 5.41) is 9.00. The molecular weight excluding hydrogens is 354 g/mol. The van der Waals surface area contributed by atoms with Crippen molar-refractivity contribution in [1.82, 2.24) is 24.5 Å². The number of nitrogen functional groups attached to an aromatic ring is 1. The van der Waals surface area contributed by atoms with Gasteiger partial charge in [-0.15, -0.1) is 5.10 Å². The number of aromatic amines is 1. The van der Waals surface area contributed by atoms with Crippen LogP contribution in [0.25, 0.3) is 5.69 Å². The Morgan fingerprint density at radius 2 is 2.04 bits per heavy atom. The summed E-state index contributed by atoms with van der Waals surface area (Å²) in [4.78, 5) is 29.3. The van der Waals surface area contributed by atoms with Gasteiger partial charge in [-0.25, -0.2) is 9.78 Å². The summed E-state index contributed by atoms with van der Waals surface area (Å²) in [5.41, 5.74) is 6.83. The van der Waals surface area contributed by atoms with E-state index in [0.717, 1.165) is 17.4 Å². The van der Waals surface area contributed by atoms with Gasteiger partial charge in [-0.05, 0) is 26.0 Å². The number of thioether (sulfide) groups is 1. The molecule has 9 nitrogen and oxygen atoms in total. The summed E-state index contributed by atoms with van der Waals surface area (Å²) in [6.07, 6.45) is 0. The number of amides is 1. The molecule has 1 atom stereocenters. The van der Waals surface area contributed by atoms with E-state index in [4.69, 9.17) is 5.73 Å². The number of hydrogen-bond acceptors (Lipinski definition) is 6. The highest BCUT2D eigenvalue weighted by molar-refractivity contribution is 8.00. The summed E-state index contributed by atoms with van der Waals surface area (Å²) in [6, 6.07) is 9.24. The van der Waals surface area contributed by atoms with Crippen LogP contribution in [0.2, 0.25) is 0 Å². The minimum atomic E-state index is -0.505. The number of carbonyl (C=O) groups excluding carboxylic acids is 1. The Morgan fingerprint density at radius 1 is 1.35 bits per heavy atom. The highest BCUT2D eigenvalue weighted by Crippen LogP contribution is 2.21. The van der Waals surface area contributed by atoms with Gasteiger partial charge in [0.2, 0.25) is 17.0 Å². The highest BCUT2D eigenvalue weighted by Gasteiger charge is 2.22. The Hall–Kier alpha value is -3.01. The van der Waals surface area contributed by atoms with Crippen LogP contribution in [-0.2, 0) is 11.8 Å². The first-order valence-corrected chi connectivity index (χ1v) is 8.76. The molecule has 0 aliphatic carbocycles. The number of H-pyrrole nitrogens is 1. The molecule has 2 heterocycles. The highest BCUT2D eigenvalue weighted by atomic mass is 32.2. The van der Waals surface area contributed by atoms with Crippen molar-refractivity contribution in [2.75, 3.05) is 11.1 Å². The molecule has 0 fully saturated rings. The van der Waals surface area contributed by atoms with Crippen molar-refractivity contribution < 1.29 is 4.79 Å². The van der Waals surface area contributed by atoms with E-state index >= 15 is 0 Å². The molecule has 0 aliphatic heterocycles. The topological polar surface area (TPSA) is 124 Å². The molecule has 2 aromatic heterocycles. The van der Waals surface area contributed by atoms with Crippen LogP contribution in [0.3, 0.4) is 0 Å². The zero-order chi connectivity index (χ0) is 18.8. The second-order valence-electron chi connectivity index (χ2n) is 5.69. The Kier molecular flexibility index (Phi) is 4.85. The molecule has 4 N–H and O–H groups in total. The van der Waals surface area contributed by atoms with Crippen LogP contribution in [0.15, 0.2) is 40.3 Å². The maximum atomic E-state index is 12.8. The van der Waals surface area contributed by atoms with Crippen LogP contribution in [0.5, 0.6) is 0 Å². The van der Waals surface area contributed by atoms with E-state index in [1.165, 1.54) is 4.68 Å². The molecule has 3 rings (SSSR count). The van der Waals surface area contributed by atoms with Gasteiger partial charge in [0.15, 0.2) is 0 Å². The molecule has 0 bridgehead atoms. The summed E-state index contributed by atoms with van der Waals surface area (Å²) in [7, 11) is 1.77. The second kappa shape index (κ2) is 7.08. The van der Waals surface area contributed by atoms with E-state index < -0.39 is 5.25 Å². The van der Waals surface area contributed by atoms with Crippen LogP contribution in [-0.4, -0.2) is 35.7 Å². The normalized spacial score (nSPS) is 12.1. The lowest BCUT2D eigenvalue weighted by Crippen LogP contribution is -2.27. The van der Waals surface area contributed by atoms with Gasteiger partial charge in [0.05, 0.1) is 16.6 Å². The summed E-state index contributed by atoms with van der Waals surface area (Å²) < 4.78 is 3.22. The smallest absolute Gasteiger partial charge is 0.295 e. The van der Waals surface area contributed by atoms with Crippen LogP contribution in [0.1, 0.15) is 12.6 Å². The van der Waals surface area contributed by atoms with E-state index in [-0.39, 0.29) is 23.1 Å². The molecule has 0 spiro atoms. The molecule has 136 valence electrons. The fourth-order valence-corrected chi connectivity index (χ4v) is 3.19. The molecule has 0 aliphatic rings. The fraction of sp³-hybridized carbons (Fsp3) is 0.250. The second-order valence-corrected chi connectivity index (χ2v) is 7.00. The third kappa shape index (κ3) is 3.36. The van der Waals surface area contributed by atoms with Crippen molar-refractivity contribution >= 4 is 29.3 Å². The van der Waals surface area contributed by atoms with Gasteiger partial charge in [0.25, 0.3) is 5.56 Å². The molecule has 10 heteroatoms. The molecule has 0 unspecified atom stereocenters. The first kappa shape index (κ1) is 17.8. The lowest BCUT2D eigenvalue weighted by molar-refractivity contribution is -0.115. The molecule has 1 aromatic carbocycles. The van der Waals surface area contributed by atoms with Crippen LogP contribution < -0.4 is 16.6 Å². The zero-order valence-corrected chi connectivity index (χ0v) is 15.4. The Labute approximate surface area is 153 Å². The zero-order valence-electron chi connectivity index (χ0n) is 14.6. The van der Waals surface area contributed by atoms with E-state index in [2.05, 4.69) is 20.5 Å². The lowest BCUT2D eigenvalue weighted by Gasteiger charge is -2.09. The molecule has 0 saturated carbocycles. The van der Waals surface area contributed by atoms with Crippen molar-refractivity contribution in [3.8, 4) is 5.69 Å². The number of nitrogens with one attached hydrogen (secondary N) is 2. The monoisotopic (exact) mass is 373 g/mol. The van der Waals surface area contributed by atoms with Gasteiger partial charge in [-0.3, -0.25) is 14.3 Å². The molecular formula is C16H19N7O2S. The number of carbonyl (C=O) groups is 1. The summed E-state index contributed by atoms with van der Waals surface area (Å²) in [5.74, 6) is -0.130. The van der Waals surface area contributed by atoms with Gasteiger partial charge < -0.3 is 11.1 Å². The van der Waals surface area contributed by atoms with E-state index in [1.807, 2.05) is 30.3 Å². The van der Waals surface area contributed by atoms with E-state index in [0.29, 0.717) is 10.9 Å². The molecule has 3 aromatic rings. The lowest BCUT2D eigenvalue weighted by atomic mass is 10.3. The number of anilines is 2. The third-order valence-corrected chi connectivity index (χ3v) is 4.90. The first-order chi connectivity index (χ1) is 12.4. The molecule has 1 amide bonds. The van der Waals surface area contributed by atoms with Gasteiger partial charge >= 0.3 is 0 Å². The van der Waals surface area contributed by atoms with Gasteiger partial charge in [-0.1, -0.05) is 30.0 Å². The minimum absolute atomic E-state index is 0.185. The summed E-state index contributed by atoms with van der Waals surface area (Å²) in [6.45, 7) is 3.49. The Bertz CT molecular complexity index is 990. The van der Waals surface area contributed by atoms with Gasteiger partial charge in [0, 0.05) is 7.05 Å². The summed E-state index contributed by atoms with van der Waals surface area (Å²) >= 11 is 1.15. The number of hydrogen-bond donors (Lipinski definition) is 3. The number of para-hydroxylation sites is 1. The first-order valence-electron chi connectivity index (χ1n) is 7.88. The quantitative estimate of drug-likeness (QED) is 0.579. The van der Waals surface area contributed by atoms with Crippen molar-refractivity contribution in [1.29, 1.82) is 0 Å². The average Bonchev–Trinajstić information content (AvgIpc) is 3.12. The third-order valence-electron chi connectivity index (χ3n) is 3.94. The average molecular weight is 373 g/mol. The van der Waals surface area contributed by atoms with Crippen molar-refractivity contribution in [3.63, 3.8) is 0 Å².